The summed E-state index contributed by atoms with van der Waals surface area (Å²) in [6, 6.07) is 49.2. The zero-order valence-corrected chi connectivity index (χ0v) is 38.8. The minimum Gasteiger partial charge on any atom is -0.497 e. The summed E-state index contributed by atoms with van der Waals surface area (Å²) in [7, 11) is -2.74. The maximum Gasteiger partial charge on any atom is 0.261 e. The van der Waals surface area contributed by atoms with Gasteiger partial charge in [0.25, 0.3) is 16.6 Å². The first-order valence-corrected chi connectivity index (χ1v) is 25.1. The van der Waals surface area contributed by atoms with Crippen molar-refractivity contribution in [3.63, 3.8) is 0 Å². The number of nitrogens with zero attached hydrogens (tertiary/aromatic N) is 1. The average Bonchev–Trinajstić information content (AvgIpc) is 3.67. The molecule has 1 saturated carbocycles. The van der Waals surface area contributed by atoms with E-state index in [1.165, 1.54) is 20.7 Å². The summed E-state index contributed by atoms with van der Waals surface area (Å²) in [5, 5.41) is 4.40. The number of carbonyl (C=O) groups excluding carboxylic acids is 1. The molecular formula is C52H61NO5Si2. The van der Waals surface area contributed by atoms with Crippen molar-refractivity contribution in [2.75, 3.05) is 20.8 Å². The van der Waals surface area contributed by atoms with E-state index in [0.29, 0.717) is 37.5 Å². The maximum absolute atomic E-state index is 14.7. The summed E-state index contributed by atoms with van der Waals surface area (Å²) >= 11 is 0. The molecule has 5 aromatic rings. The predicted molar refractivity (Wildman–Crippen MR) is 249 cm³/mol. The molecule has 1 aliphatic heterocycles. The molecule has 60 heavy (non-hydrogen) atoms. The molecule has 8 heteroatoms. The molecule has 2 fully saturated rings. The molecule has 1 amide bonds. The van der Waals surface area contributed by atoms with Crippen molar-refractivity contribution in [1.29, 1.82) is 0 Å². The van der Waals surface area contributed by atoms with Crippen LogP contribution in [0.5, 0.6) is 11.5 Å². The number of hydrogen-bond donors (Lipinski definition) is 0. The molecule has 0 bridgehead atoms. The molecule has 2 aliphatic rings. The van der Waals surface area contributed by atoms with E-state index >= 15 is 0 Å². The molecule has 6 nitrogen and oxygen atoms in total. The smallest absolute Gasteiger partial charge is 0.261 e. The molecule has 0 N–H and O–H groups in total. The Balaban J connectivity index is 1.42. The van der Waals surface area contributed by atoms with Crippen molar-refractivity contribution in [2.45, 2.75) is 89.6 Å². The Kier molecular flexibility index (Phi) is 12.4. The highest BCUT2D eigenvalue weighted by molar-refractivity contribution is 7.00. The lowest BCUT2D eigenvalue weighted by atomic mass is 9.84. The van der Waals surface area contributed by atoms with Gasteiger partial charge in [-0.25, -0.2) is 0 Å². The van der Waals surface area contributed by atoms with Crippen LogP contribution < -0.4 is 30.2 Å². The molecule has 0 radical (unpaired) electrons. The number of fused-ring (bicyclic) bond motifs is 1. The van der Waals surface area contributed by atoms with Crippen LogP contribution in [0.15, 0.2) is 140 Å². The van der Waals surface area contributed by atoms with Crippen LogP contribution in [0.2, 0.25) is 10.1 Å². The second kappa shape index (κ2) is 17.2. The summed E-state index contributed by atoms with van der Waals surface area (Å²) in [6.45, 7) is 16.6. The van der Waals surface area contributed by atoms with E-state index < -0.39 is 22.2 Å². The van der Waals surface area contributed by atoms with E-state index in [9.17, 15) is 4.79 Å². The lowest BCUT2D eigenvalue weighted by Crippen LogP contribution is -2.68. The monoisotopic (exact) mass is 835 g/mol. The van der Waals surface area contributed by atoms with E-state index in [2.05, 4.69) is 175 Å². The van der Waals surface area contributed by atoms with Crippen LogP contribution in [-0.4, -0.2) is 59.9 Å². The average molecular weight is 836 g/mol. The molecule has 1 aliphatic carbocycles. The van der Waals surface area contributed by atoms with Crippen molar-refractivity contribution in [1.82, 2.24) is 4.90 Å². The van der Waals surface area contributed by atoms with Gasteiger partial charge in [-0.1, -0.05) is 169 Å². The number of rotatable bonds is 13. The molecule has 7 rings (SSSR count). The molecule has 312 valence electrons. The molecule has 5 aromatic carbocycles. The van der Waals surface area contributed by atoms with Gasteiger partial charge in [0.1, 0.15) is 17.0 Å². The van der Waals surface area contributed by atoms with Crippen molar-refractivity contribution in [3.8, 4) is 23.3 Å². The predicted octanol–water partition coefficient (Wildman–Crippen LogP) is 8.36. The van der Waals surface area contributed by atoms with Crippen molar-refractivity contribution < 1.29 is 23.1 Å². The zero-order valence-electron chi connectivity index (χ0n) is 36.8. The van der Waals surface area contributed by atoms with Gasteiger partial charge in [-0.2, -0.15) is 0 Å². The summed E-state index contributed by atoms with van der Waals surface area (Å²) in [5.41, 5.74) is 0.104. The number of benzene rings is 5. The molecule has 1 saturated heterocycles. The second-order valence-electron chi connectivity index (χ2n) is 18.4. The third-order valence-corrected chi connectivity index (χ3v) is 23.2. The van der Waals surface area contributed by atoms with Crippen LogP contribution >= 0.6 is 0 Å². The molecule has 4 atom stereocenters. The van der Waals surface area contributed by atoms with Crippen molar-refractivity contribution in [3.05, 3.63) is 145 Å². The molecule has 4 unspecified atom stereocenters. The fraction of sp³-hybridized carbons (Fsp3) is 0.365. The van der Waals surface area contributed by atoms with Crippen molar-refractivity contribution >= 4 is 43.3 Å². The van der Waals surface area contributed by atoms with Gasteiger partial charge < -0.3 is 23.2 Å². The lowest BCUT2D eigenvalue weighted by molar-refractivity contribution is -0.131. The number of likely N-dealkylation sites (tertiary alicyclic amines) is 1. The summed E-state index contributed by atoms with van der Waals surface area (Å²) in [4.78, 5) is 16.7. The maximum atomic E-state index is 14.7. The SMILES string of the molecule is CC#CC12CC(O[Si](c3ccccc3)(c3ccccc3)C(C)(C)C)C(CO[Si](c3ccccc3)(c3ccccc3)C(C)(C)C)C1CC(=O)N2Cc1ccc(OC)cc1OC. The largest absolute Gasteiger partial charge is 0.497 e. The van der Waals surface area contributed by atoms with Gasteiger partial charge in [-0.15, -0.1) is 5.92 Å². The number of hydrogen-bond acceptors (Lipinski definition) is 5. The number of ether oxygens (including phenoxy) is 2. The van der Waals surface area contributed by atoms with Gasteiger partial charge in [0, 0.05) is 42.9 Å². The molecule has 0 spiro atoms. The van der Waals surface area contributed by atoms with Crippen LogP contribution in [0.1, 0.15) is 66.9 Å². The fourth-order valence-electron chi connectivity index (χ4n) is 10.4. The Morgan fingerprint density at radius 3 is 1.60 bits per heavy atom. The van der Waals surface area contributed by atoms with Crippen LogP contribution in [0.3, 0.4) is 0 Å². The highest BCUT2D eigenvalue weighted by Gasteiger charge is 2.65. The van der Waals surface area contributed by atoms with E-state index in [1.54, 1.807) is 14.2 Å². The Labute approximate surface area is 360 Å². The van der Waals surface area contributed by atoms with Gasteiger partial charge >= 0.3 is 0 Å². The highest BCUT2D eigenvalue weighted by Crippen LogP contribution is 2.55. The minimum atomic E-state index is -3.07. The van der Waals surface area contributed by atoms with Gasteiger partial charge in [0.2, 0.25) is 5.91 Å². The molecular weight excluding hydrogens is 775 g/mol. The summed E-state index contributed by atoms with van der Waals surface area (Å²) in [6.07, 6.45) is 0.624. The third-order valence-electron chi connectivity index (χ3n) is 13.1. The minimum absolute atomic E-state index is 0.0833. The quantitative estimate of drug-likeness (QED) is 0.0883. The van der Waals surface area contributed by atoms with E-state index in [-0.39, 0.29) is 33.9 Å². The third kappa shape index (κ3) is 7.55. The second-order valence-corrected chi connectivity index (χ2v) is 27.0. The first kappa shape index (κ1) is 43.2. The van der Waals surface area contributed by atoms with E-state index in [0.717, 1.165) is 5.56 Å². The van der Waals surface area contributed by atoms with Crippen LogP contribution in [0.4, 0.5) is 0 Å². The fourth-order valence-corrected chi connectivity index (χ4v) is 19.8. The number of methoxy groups -OCH3 is 2. The van der Waals surface area contributed by atoms with Gasteiger partial charge in [0.15, 0.2) is 0 Å². The Morgan fingerprint density at radius 2 is 1.17 bits per heavy atom. The molecule has 0 aromatic heterocycles. The number of carbonyl (C=O) groups is 1. The van der Waals surface area contributed by atoms with E-state index in [1.807, 2.05) is 30.0 Å². The van der Waals surface area contributed by atoms with E-state index in [4.69, 9.17) is 18.3 Å². The van der Waals surface area contributed by atoms with Crippen LogP contribution in [0, 0.1) is 23.7 Å². The summed E-state index contributed by atoms with van der Waals surface area (Å²) in [5.74, 6) is 8.20. The Hall–Kier alpha value is -4.92. The summed E-state index contributed by atoms with van der Waals surface area (Å²) < 4.78 is 27.4. The zero-order chi connectivity index (χ0) is 42.8. The highest BCUT2D eigenvalue weighted by atomic mass is 28.4. The van der Waals surface area contributed by atoms with Crippen LogP contribution in [-0.2, 0) is 20.2 Å². The first-order valence-electron chi connectivity index (χ1n) is 21.2. The Bertz CT molecular complexity index is 2220. The number of amides is 1. The van der Waals surface area contributed by atoms with Gasteiger partial charge in [-0.05, 0) is 49.9 Å². The van der Waals surface area contributed by atoms with Crippen LogP contribution in [0.25, 0.3) is 0 Å². The molecule has 1 heterocycles. The van der Waals surface area contributed by atoms with Gasteiger partial charge in [0.05, 0.1) is 26.9 Å². The Morgan fingerprint density at radius 1 is 0.683 bits per heavy atom. The van der Waals surface area contributed by atoms with Crippen molar-refractivity contribution in [2.24, 2.45) is 11.8 Å². The van der Waals surface area contributed by atoms with Gasteiger partial charge in [-0.3, -0.25) is 4.79 Å². The lowest BCUT2D eigenvalue weighted by Gasteiger charge is -2.47. The normalized spacial score (nSPS) is 20.6. The topological polar surface area (TPSA) is 57.2 Å². The standard InChI is InChI=1S/C52H61NO5Si2/c1-10-33-52-36-48(58-60(51(5,6)7,43-27-19-13-20-28-43)44-29-21-14-22-30-44)45(46(52)35-49(54)53(52)37-39-31-32-40(55-8)34-47(39)56-9)38-57-59(50(2,3)4,41-23-15-11-16-24-41)42-25-17-12-18-26-42/h11-32,34,45-46,48H,35-38H2,1-9H3. The first-order chi connectivity index (χ1) is 28.8.